The minimum Gasteiger partial charge on any atom is -0.491 e. The van der Waals surface area contributed by atoms with E-state index in [0.29, 0.717) is 12.5 Å². The van der Waals surface area contributed by atoms with Crippen molar-refractivity contribution >= 4 is 47.0 Å². The van der Waals surface area contributed by atoms with E-state index in [1.807, 2.05) is 63.2 Å². The van der Waals surface area contributed by atoms with E-state index in [2.05, 4.69) is 27.4 Å². The van der Waals surface area contributed by atoms with Crippen molar-refractivity contribution in [2.75, 3.05) is 5.32 Å². The Morgan fingerprint density at radius 3 is 2.46 bits per heavy atom. The molecule has 5 nitrogen and oxygen atoms in total. The first kappa shape index (κ1) is 22.2. The minimum atomic E-state index is 0. The number of ether oxygens (including phenoxy) is 1. The quantitative estimate of drug-likeness (QED) is 0.264. The molecular formula is C21H25IN4OS. The fourth-order valence-electron chi connectivity index (χ4n) is 2.51. The number of aromatic nitrogens is 1. The van der Waals surface area contributed by atoms with E-state index in [0.717, 1.165) is 32.6 Å². The zero-order chi connectivity index (χ0) is 19.2. The van der Waals surface area contributed by atoms with Crippen molar-refractivity contribution in [3.8, 4) is 16.3 Å². The molecule has 7 heteroatoms. The van der Waals surface area contributed by atoms with E-state index in [1.165, 1.54) is 0 Å². The third kappa shape index (κ3) is 6.20. The second kappa shape index (κ2) is 10.4. The lowest BCUT2D eigenvalue weighted by Gasteiger charge is -2.10. The van der Waals surface area contributed by atoms with Crippen molar-refractivity contribution in [1.82, 2.24) is 4.98 Å². The van der Waals surface area contributed by atoms with Gasteiger partial charge in [-0.1, -0.05) is 30.3 Å². The van der Waals surface area contributed by atoms with Crippen LogP contribution >= 0.6 is 35.3 Å². The average molecular weight is 508 g/mol. The normalized spacial score (nSPS) is 11.2. The Morgan fingerprint density at radius 2 is 1.82 bits per heavy atom. The monoisotopic (exact) mass is 508 g/mol. The van der Waals surface area contributed by atoms with Gasteiger partial charge in [-0.05, 0) is 45.0 Å². The molecule has 0 aliphatic heterocycles. The lowest BCUT2D eigenvalue weighted by molar-refractivity contribution is 0.242. The molecule has 0 bridgehead atoms. The van der Waals surface area contributed by atoms with Gasteiger partial charge in [-0.15, -0.1) is 35.3 Å². The molecule has 3 aromatic rings. The molecule has 3 N–H and O–H groups in total. The zero-order valence-electron chi connectivity index (χ0n) is 16.2. The summed E-state index contributed by atoms with van der Waals surface area (Å²) in [4.78, 5) is 10.2. The summed E-state index contributed by atoms with van der Waals surface area (Å²) in [5.74, 6) is 1.21. The number of nitrogens with two attached hydrogens (primary N) is 1. The number of hydrogen-bond acceptors (Lipinski definition) is 4. The second-order valence-electron chi connectivity index (χ2n) is 6.41. The minimum absolute atomic E-state index is 0. The van der Waals surface area contributed by atoms with Crippen LogP contribution in [0, 0.1) is 6.92 Å². The van der Waals surface area contributed by atoms with Gasteiger partial charge in [-0.25, -0.2) is 9.98 Å². The van der Waals surface area contributed by atoms with Gasteiger partial charge >= 0.3 is 0 Å². The van der Waals surface area contributed by atoms with Crippen LogP contribution in [0.1, 0.15) is 24.4 Å². The first-order chi connectivity index (χ1) is 13.0. The average Bonchev–Trinajstić information content (AvgIpc) is 3.03. The fourth-order valence-corrected chi connectivity index (χ4v) is 3.50. The number of benzene rings is 2. The second-order valence-corrected chi connectivity index (χ2v) is 7.49. The van der Waals surface area contributed by atoms with Crippen molar-refractivity contribution in [2.24, 2.45) is 10.7 Å². The highest BCUT2D eigenvalue weighted by atomic mass is 127. The maximum atomic E-state index is 6.03. The predicted octanol–water partition coefficient (Wildman–Crippen LogP) is 5.45. The summed E-state index contributed by atoms with van der Waals surface area (Å²) < 4.78 is 5.64. The molecule has 0 radical (unpaired) electrons. The van der Waals surface area contributed by atoms with Crippen molar-refractivity contribution in [2.45, 2.75) is 33.4 Å². The van der Waals surface area contributed by atoms with Crippen molar-refractivity contribution in [3.05, 3.63) is 65.2 Å². The molecule has 28 heavy (non-hydrogen) atoms. The molecule has 0 saturated carbocycles. The van der Waals surface area contributed by atoms with Crippen LogP contribution in [0.4, 0.5) is 5.69 Å². The van der Waals surface area contributed by atoms with E-state index in [1.54, 1.807) is 11.3 Å². The first-order valence-electron chi connectivity index (χ1n) is 8.86. The summed E-state index contributed by atoms with van der Waals surface area (Å²) in [6.45, 7) is 6.51. The Bertz CT molecular complexity index is 908. The van der Waals surface area contributed by atoms with E-state index in [4.69, 9.17) is 10.5 Å². The Balaban J connectivity index is 0.00000280. The number of nitrogens with one attached hydrogen (secondary N) is 1. The van der Waals surface area contributed by atoms with Crippen LogP contribution in [0.25, 0.3) is 10.6 Å². The number of aliphatic imine (C=N–C) groups is 1. The summed E-state index contributed by atoms with van der Waals surface area (Å²) in [5.41, 5.74) is 9.02. The maximum Gasteiger partial charge on any atom is 0.193 e. The molecule has 1 aromatic heterocycles. The van der Waals surface area contributed by atoms with Crippen LogP contribution in [0.5, 0.6) is 5.75 Å². The van der Waals surface area contributed by atoms with Gasteiger partial charge in [-0.3, -0.25) is 0 Å². The summed E-state index contributed by atoms with van der Waals surface area (Å²) in [6.07, 6.45) is 0.152. The van der Waals surface area contributed by atoms with E-state index in [9.17, 15) is 0 Å². The smallest absolute Gasteiger partial charge is 0.193 e. The van der Waals surface area contributed by atoms with Gasteiger partial charge in [0, 0.05) is 16.1 Å². The largest absolute Gasteiger partial charge is 0.491 e. The van der Waals surface area contributed by atoms with E-state index in [-0.39, 0.29) is 30.1 Å². The number of halogens is 1. The SMILES string of the molecule is Cc1nc(-c2ccccc2)sc1CN=C(N)Nc1ccc(OC(C)C)cc1.I. The highest BCUT2D eigenvalue weighted by molar-refractivity contribution is 14.0. The number of guanidine groups is 1. The molecule has 0 atom stereocenters. The lowest BCUT2D eigenvalue weighted by atomic mass is 10.2. The third-order valence-electron chi connectivity index (χ3n) is 3.80. The van der Waals surface area contributed by atoms with E-state index >= 15 is 0 Å². The molecule has 0 unspecified atom stereocenters. The molecule has 0 amide bonds. The van der Waals surface area contributed by atoms with Gasteiger partial charge in [0.25, 0.3) is 0 Å². The molecule has 3 rings (SSSR count). The number of thiazole rings is 1. The molecule has 1 heterocycles. The molecule has 0 aliphatic rings. The topological polar surface area (TPSA) is 72.5 Å². The van der Waals surface area contributed by atoms with Crippen LogP contribution in [0.3, 0.4) is 0 Å². The zero-order valence-corrected chi connectivity index (χ0v) is 19.3. The Kier molecular flexibility index (Phi) is 8.25. The molecule has 0 spiro atoms. The van der Waals surface area contributed by atoms with Gasteiger partial charge in [0.15, 0.2) is 5.96 Å². The van der Waals surface area contributed by atoms with Crippen LogP contribution in [0.2, 0.25) is 0 Å². The molecule has 148 valence electrons. The summed E-state index contributed by atoms with van der Waals surface area (Å²) in [6, 6.07) is 17.8. The molecule has 0 fully saturated rings. The molecule has 2 aromatic carbocycles. The highest BCUT2D eigenvalue weighted by Gasteiger charge is 2.09. The maximum absolute atomic E-state index is 6.03. The van der Waals surface area contributed by atoms with Crippen LogP contribution in [-0.2, 0) is 6.54 Å². The van der Waals surface area contributed by atoms with Crippen molar-refractivity contribution < 1.29 is 4.74 Å². The summed E-state index contributed by atoms with van der Waals surface area (Å²) >= 11 is 1.65. The van der Waals surface area contributed by atoms with Crippen LogP contribution in [-0.4, -0.2) is 17.0 Å². The first-order valence-corrected chi connectivity index (χ1v) is 9.68. The number of anilines is 1. The highest BCUT2D eigenvalue weighted by Crippen LogP contribution is 2.28. The summed E-state index contributed by atoms with van der Waals surface area (Å²) in [5, 5.41) is 4.11. The molecular weight excluding hydrogens is 483 g/mol. The predicted molar refractivity (Wildman–Crippen MR) is 129 cm³/mol. The van der Waals surface area contributed by atoms with Gasteiger partial charge in [0.05, 0.1) is 18.3 Å². The fraction of sp³-hybridized carbons (Fsp3) is 0.238. The Labute approximate surface area is 187 Å². The number of aryl methyl sites for hydroxylation is 1. The van der Waals surface area contributed by atoms with Crippen LogP contribution in [0.15, 0.2) is 59.6 Å². The van der Waals surface area contributed by atoms with Gasteiger partial charge in [-0.2, -0.15) is 0 Å². The van der Waals surface area contributed by atoms with Crippen LogP contribution < -0.4 is 15.8 Å². The number of hydrogen-bond donors (Lipinski definition) is 2. The number of nitrogens with zero attached hydrogens (tertiary/aromatic N) is 2. The Hall–Kier alpha value is -2.13. The third-order valence-corrected chi connectivity index (χ3v) is 5.00. The standard InChI is InChI=1S/C21H24N4OS.HI/c1-14(2)26-18-11-9-17(10-12-18)25-21(22)23-13-19-15(3)24-20(27-19)16-7-5-4-6-8-16;/h4-12,14H,13H2,1-3H3,(H3,22,23,25);1H. The summed E-state index contributed by atoms with van der Waals surface area (Å²) in [7, 11) is 0. The number of rotatable bonds is 6. The Morgan fingerprint density at radius 1 is 1.14 bits per heavy atom. The van der Waals surface area contributed by atoms with Crippen molar-refractivity contribution in [3.63, 3.8) is 0 Å². The van der Waals surface area contributed by atoms with Crippen molar-refractivity contribution in [1.29, 1.82) is 0 Å². The van der Waals surface area contributed by atoms with Gasteiger partial charge < -0.3 is 15.8 Å². The molecule has 0 aliphatic carbocycles. The van der Waals surface area contributed by atoms with Gasteiger partial charge in [0.2, 0.25) is 0 Å². The molecule has 0 saturated heterocycles. The van der Waals surface area contributed by atoms with E-state index < -0.39 is 0 Å². The van der Waals surface area contributed by atoms with Gasteiger partial charge in [0.1, 0.15) is 10.8 Å². The lowest BCUT2D eigenvalue weighted by Crippen LogP contribution is -2.22.